The summed E-state index contributed by atoms with van der Waals surface area (Å²) in [5.41, 5.74) is 5.43. The average Bonchev–Trinajstić information content (AvgIpc) is 2.68. The van der Waals surface area contributed by atoms with Crippen LogP contribution in [0.2, 0.25) is 0 Å². The summed E-state index contributed by atoms with van der Waals surface area (Å²) in [5.74, 6) is 1.94. The zero-order chi connectivity index (χ0) is 13.7. The Labute approximate surface area is 114 Å². The molecule has 1 aliphatic rings. The summed E-state index contributed by atoms with van der Waals surface area (Å²) in [6.45, 7) is 2.24. The van der Waals surface area contributed by atoms with Crippen molar-refractivity contribution >= 4 is 0 Å². The maximum atomic E-state index is 6.11. The standard InChI is InChI=1S/C14H25N3O2/c1-14(15,10-18-2)13-16-12(19-17-13)9-11-7-5-3-4-6-8-11/h11H,3-10,15H2,1-2H3. The number of hydrogen-bond donors (Lipinski definition) is 1. The fourth-order valence-corrected chi connectivity index (χ4v) is 2.75. The molecule has 2 N–H and O–H groups in total. The number of aromatic nitrogens is 2. The Hall–Kier alpha value is -0.940. The third kappa shape index (κ3) is 4.01. The second kappa shape index (κ2) is 6.48. The van der Waals surface area contributed by atoms with Crippen LogP contribution in [0.5, 0.6) is 0 Å². The van der Waals surface area contributed by atoms with Crippen LogP contribution in [0.15, 0.2) is 4.52 Å². The summed E-state index contributed by atoms with van der Waals surface area (Å²) >= 11 is 0. The molecule has 1 unspecified atom stereocenters. The summed E-state index contributed by atoms with van der Waals surface area (Å²) in [4.78, 5) is 4.44. The first-order valence-electron chi connectivity index (χ1n) is 7.22. The smallest absolute Gasteiger partial charge is 0.226 e. The monoisotopic (exact) mass is 267 g/mol. The lowest BCUT2D eigenvalue weighted by atomic mass is 9.97. The van der Waals surface area contributed by atoms with Gasteiger partial charge in [0.1, 0.15) is 5.54 Å². The molecule has 0 radical (unpaired) electrons. The fraction of sp³-hybridized carbons (Fsp3) is 0.857. The van der Waals surface area contributed by atoms with Crippen LogP contribution in [0.4, 0.5) is 0 Å². The SMILES string of the molecule is COCC(C)(N)c1noc(CC2CCCCCC2)n1. The number of nitrogens with zero attached hydrogens (tertiary/aromatic N) is 2. The number of methoxy groups -OCH3 is 1. The molecule has 1 fully saturated rings. The molecule has 1 atom stereocenters. The summed E-state index contributed by atoms with van der Waals surface area (Å²) in [6, 6.07) is 0. The number of hydrogen-bond acceptors (Lipinski definition) is 5. The van der Waals surface area contributed by atoms with E-state index in [0.717, 1.165) is 12.3 Å². The molecule has 2 rings (SSSR count). The molecule has 19 heavy (non-hydrogen) atoms. The minimum Gasteiger partial charge on any atom is -0.382 e. The highest BCUT2D eigenvalue weighted by molar-refractivity contribution is 5.02. The maximum absolute atomic E-state index is 6.11. The molecule has 1 aromatic rings. The minimum atomic E-state index is -0.681. The molecule has 1 aromatic heterocycles. The third-order valence-electron chi connectivity index (χ3n) is 3.86. The first kappa shape index (κ1) is 14.5. The molecule has 5 nitrogen and oxygen atoms in total. The van der Waals surface area contributed by atoms with Gasteiger partial charge in [0.25, 0.3) is 0 Å². The molecule has 108 valence electrons. The second-order valence-electron chi connectivity index (χ2n) is 5.92. The van der Waals surface area contributed by atoms with Gasteiger partial charge in [-0.1, -0.05) is 30.8 Å². The minimum absolute atomic E-state index is 0.384. The molecule has 0 aliphatic heterocycles. The van der Waals surface area contributed by atoms with Crippen LogP contribution < -0.4 is 5.73 Å². The average molecular weight is 267 g/mol. The molecule has 0 amide bonds. The highest BCUT2D eigenvalue weighted by Gasteiger charge is 2.28. The van der Waals surface area contributed by atoms with Gasteiger partial charge in [0.15, 0.2) is 5.82 Å². The topological polar surface area (TPSA) is 74.2 Å². The van der Waals surface area contributed by atoms with Crippen LogP contribution in [-0.2, 0) is 16.7 Å². The van der Waals surface area contributed by atoms with Crippen LogP contribution in [0.3, 0.4) is 0 Å². The Bertz CT molecular complexity index is 382. The molecule has 0 spiro atoms. The van der Waals surface area contributed by atoms with Crippen LogP contribution in [0, 0.1) is 5.92 Å². The predicted molar refractivity (Wildman–Crippen MR) is 72.6 cm³/mol. The zero-order valence-electron chi connectivity index (χ0n) is 12.0. The predicted octanol–water partition coefficient (Wildman–Crippen LogP) is 2.40. The molecule has 1 saturated carbocycles. The van der Waals surface area contributed by atoms with E-state index in [4.69, 9.17) is 15.0 Å². The Morgan fingerprint density at radius 1 is 1.32 bits per heavy atom. The van der Waals surface area contributed by atoms with Crippen molar-refractivity contribution < 1.29 is 9.26 Å². The molecular formula is C14H25N3O2. The van der Waals surface area contributed by atoms with Crippen molar-refractivity contribution in [1.29, 1.82) is 0 Å². The quantitative estimate of drug-likeness (QED) is 0.829. The summed E-state index contributed by atoms with van der Waals surface area (Å²) in [7, 11) is 1.62. The van der Waals surface area contributed by atoms with Gasteiger partial charge in [-0.05, 0) is 25.7 Å². The lowest BCUT2D eigenvalue weighted by Gasteiger charge is -2.18. The van der Waals surface area contributed by atoms with E-state index < -0.39 is 5.54 Å². The van der Waals surface area contributed by atoms with Gasteiger partial charge in [-0.25, -0.2) is 0 Å². The van der Waals surface area contributed by atoms with Crippen molar-refractivity contribution in [3.05, 3.63) is 11.7 Å². The summed E-state index contributed by atoms with van der Waals surface area (Å²) in [5, 5.41) is 4.00. The van der Waals surface area contributed by atoms with E-state index in [1.165, 1.54) is 38.5 Å². The zero-order valence-corrected chi connectivity index (χ0v) is 12.0. The van der Waals surface area contributed by atoms with Crippen molar-refractivity contribution in [2.24, 2.45) is 11.7 Å². The van der Waals surface area contributed by atoms with Gasteiger partial charge in [0, 0.05) is 13.5 Å². The van der Waals surface area contributed by atoms with Crippen LogP contribution >= 0.6 is 0 Å². The van der Waals surface area contributed by atoms with Gasteiger partial charge in [-0.2, -0.15) is 4.98 Å². The highest BCUT2D eigenvalue weighted by atomic mass is 16.5. The molecule has 0 aromatic carbocycles. The van der Waals surface area contributed by atoms with Crippen LogP contribution in [-0.4, -0.2) is 23.9 Å². The van der Waals surface area contributed by atoms with E-state index in [-0.39, 0.29) is 0 Å². The Kier molecular flexibility index (Phi) is 4.93. The van der Waals surface area contributed by atoms with Crippen molar-refractivity contribution in [1.82, 2.24) is 10.1 Å². The normalized spacial score (nSPS) is 21.0. The van der Waals surface area contributed by atoms with E-state index in [0.29, 0.717) is 18.3 Å². The number of ether oxygens (including phenoxy) is 1. The largest absolute Gasteiger partial charge is 0.382 e. The third-order valence-corrected chi connectivity index (χ3v) is 3.86. The molecular weight excluding hydrogens is 242 g/mol. The van der Waals surface area contributed by atoms with E-state index in [2.05, 4.69) is 10.1 Å². The summed E-state index contributed by atoms with van der Waals surface area (Å²) < 4.78 is 10.4. The van der Waals surface area contributed by atoms with Gasteiger partial charge < -0.3 is 15.0 Å². The van der Waals surface area contributed by atoms with Crippen molar-refractivity contribution in [3.63, 3.8) is 0 Å². The fourth-order valence-electron chi connectivity index (χ4n) is 2.75. The Morgan fingerprint density at radius 3 is 2.63 bits per heavy atom. The molecule has 0 bridgehead atoms. The van der Waals surface area contributed by atoms with Crippen molar-refractivity contribution in [2.45, 2.75) is 57.4 Å². The molecule has 1 aliphatic carbocycles. The van der Waals surface area contributed by atoms with Gasteiger partial charge in [0.2, 0.25) is 5.89 Å². The van der Waals surface area contributed by atoms with E-state index in [1.807, 2.05) is 6.92 Å². The second-order valence-corrected chi connectivity index (χ2v) is 5.92. The van der Waals surface area contributed by atoms with Gasteiger partial charge in [-0.3, -0.25) is 0 Å². The number of nitrogens with two attached hydrogens (primary N) is 1. The molecule has 0 saturated heterocycles. The maximum Gasteiger partial charge on any atom is 0.226 e. The molecule has 1 heterocycles. The first-order chi connectivity index (χ1) is 9.12. The van der Waals surface area contributed by atoms with E-state index in [1.54, 1.807) is 7.11 Å². The number of rotatable bonds is 5. The van der Waals surface area contributed by atoms with Gasteiger partial charge >= 0.3 is 0 Å². The summed E-state index contributed by atoms with van der Waals surface area (Å²) in [6.07, 6.45) is 8.80. The van der Waals surface area contributed by atoms with E-state index >= 15 is 0 Å². The first-order valence-corrected chi connectivity index (χ1v) is 7.22. The lowest BCUT2D eigenvalue weighted by molar-refractivity contribution is 0.135. The lowest BCUT2D eigenvalue weighted by Crippen LogP contribution is -2.39. The Morgan fingerprint density at radius 2 is 2.00 bits per heavy atom. The van der Waals surface area contributed by atoms with Crippen LogP contribution in [0.25, 0.3) is 0 Å². The van der Waals surface area contributed by atoms with Gasteiger partial charge in [0.05, 0.1) is 6.61 Å². The highest BCUT2D eigenvalue weighted by Crippen LogP contribution is 2.26. The Balaban J connectivity index is 1.96. The molecule has 5 heteroatoms. The van der Waals surface area contributed by atoms with Crippen LogP contribution in [0.1, 0.15) is 57.2 Å². The van der Waals surface area contributed by atoms with Gasteiger partial charge in [-0.15, -0.1) is 0 Å². The van der Waals surface area contributed by atoms with E-state index in [9.17, 15) is 0 Å². The van der Waals surface area contributed by atoms with Crippen molar-refractivity contribution in [2.75, 3.05) is 13.7 Å². The van der Waals surface area contributed by atoms with Crippen molar-refractivity contribution in [3.8, 4) is 0 Å².